The van der Waals surface area contributed by atoms with Gasteiger partial charge in [-0.25, -0.2) is 4.79 Å². The number of aryl methyl sites for hydroxylation is 2. The molecule has 0 aliphatic heterocycles. The van der Waals surface area contributed by atoms with E-state index < -0.39 is 29.3 Å². The van der Waals surface area contributed by atoms with Gasteiger partial charge in [-0.3, -0.25) is 9.59 Å². The van der Waals surface area contributed by atoms with E-state index in [0.29, 0.717) is 13.0 Å². The third kappa shape index (κ3) is 8.82. The highest BCUT2D eigenvalue weighted by Gasteiger charge is 2.44. The molecule has 0 spiro atoms. The lowest BCUT2D eigenvalue weighted by atomic mass is 9.88. The topological polar surface area (TPSA) is 87.7 Å². The molecular weight excluding hydrogens is 454 g/mol. The predicted octanol–water partition coefficient (Wildman–Crippen LogP) is 5.83. The standard InChI is InChI=1S/C29H49N3O4/c1-12-14-17-30-25(33)24(22-16-15-20(5)18-21(22)6)32(29(10,11)13-2)26(34)23(19(3)4)31-27(35)36-28(7,8)9/h15-16,18-19,23-24H,12-14,17H2,1-11H3,(H,30,33)(H,31,35). The van der Waals surface area contributed by atoms with Crippen LogP contribution in [0.15, 0.2) is 18.2 Å². The second kappa shape index (κ2) is 13.1. The minimum Gasteiger partial charge on any atom is -0.444 e. The van der Waals surface area contributed by atoms with Crippen LogP contribution in [0.1, 0.15) is 104 Å². The Morgan fingerprint density at radius 3 is 2.11 bits per heavy atom. The van der Waals surface area contributed by atoms with Crippen molar-refractivity contribution in [1.82, 2.24) is 15.5 Å². The Bertz CT molecular complexity index is 902. The molecule has 0 aliphatic carbocycles. The van der Waals surface area contributed by atoms with Crippen LogP contribution in [0, 0.1) is 19.8 Å². The second-order valence-electron chi connectivity index (χ2n) is 11.6. The number of rotatable bonds is 11. The van der Waals surface area contributed by atoms with Crippen LogP contribution >= 0.6 is 0 Å². The summed E-state index contributed by atoms with van der Waals surface area (Å²) in [6, 6.07) is 4.23. The number of amides is 3. The lowest BCUT2D eigenvalue weighted by Gasteiger charge is -2.45. The molecule has 1 rings (SSSR count). The molecule has 2 atom stereocenters. The average molecular weight is 504 g/mol. The SMILES string of the molecule is CCCCNC(=O)C(c1ccc(C)cc1C)N(C(=O)C(NC(=O)OC(C)(C)C)C(C)C)C(C)(C)CC. The molecule has 0 radical (unpaired) electrons. The lowest BCUT2D eigenvalue weighted by Crippen LogP contribution is -2.60. The highest BCUT2D eigenvalue weighted by molar-refractivity contribution is 5.93. The maximum Gasteiger partial charge on any atom is 0.408 e. The first-order chi connectivity index (χ1) is 16.6. The van der Waals surface area contributed by atoms with Gasteiger partial charge in [0.25, 0.3) is 0 Å². The summed E-state index contributed by atoms with van der Waals surface area (Å²) in [7, 11) is 0. The summed E-state index contributed by atoms with van der Waals surface area (Å²) in [6.07, 6.45) is 1.77. The summed E-state index contributed by atoms with van der Waals surface area (Å²) >= 11 is 0. The minimum absolute atomic E-state index is 0.218. The Kier molecular flexibility index (Phi) is 11.5. The van der Waals surface area contributed by atoms with Crippen LogP contribution < -0.4 is 10.6 Å². The molecule has 2 unspecified atom stereocenters. The zero-order valence-corrected chi connectivity index (χ0v) is 24.4. The molecule has 0 aromatic heterocycles. The van der Waals surface area contributed by atoms with E-state index in [1.54, 1.807) is 25.7 Å². The number of nitrogens with one attached hydrogen (secondary N) is 2. The van der Waals surface area contributed by atoms with Gasteiger partial charge in [-0.05, 0) is 78.4 Å². The molecule has 0 saturated carbocycles. The van der Waals surface area contributed by atoms with E-state index in [0.717, 1.165) is 29.5 Å². The molecule has 1 aromatic rings. The number of alkyl carbamates (subject to hydrolysis) is 1. The number of ether oxygens (including phenoxy) is 1. The number of nitrogens with zero attached hydrogens (tertiary/aromatic N) is 1. The molecule has 2 N–H and O–H groups in total. The Balaban J connectivity index is 3.64. The number of hydrogen-bond acceptors (Lipinski definition) is 4. The van der Waals surface area contributed by atoms with Gasteiger partial charge in [-0.15, -0.1) is 0 Å². The Morgan fingerprint density at radius 1 is 1.03 bits per heavy atom. The van der Waals surface area contributed by atoms with Crippen LogP contribution in [0.3, 0.4) is 0 Å². The van der Waals surface area contributed by atoms with Crippen LogP contribution in [-0.4, -0.2) is 46.5 Å². The molecule has 204 valence electrons. The Hall–Kier alpha value is -2.57. The molecule has 7 nitrogen and oxygen atoms in total. The zero-order valence-electron chi connectivity index (χ0n) is 24.4. The third-order valence-corrected chi connectivity index (χ3v) is 6.42. The van der Waals surface area contributed by atoms with Crippen LogP contribution in [0.4, 0.5) is 4.79 Å². The monoisotopic (exact) mass is 503 g/mol. The molecule has 1 aromatic carbocycles. The maximum absolute atomic E-state index is 14.3. The van der Waals surface area contributed by atoms with Gasteiger partial charge in [0.2, 0.25) is 11.8 Å². The zero-order chi connectivity index (χ0) is 27.8. The third-order valence-electron chi connectivity index (χ3n) is 6.42. The average Bonchev–Trinajstić information content (AvgIpc) is 2.74. The molecule has 3 amide bonds. The van der Waals surface area contributed by atoms with E-state index in [4.69, 9.17) is 4.74 Å². The highest BCUT2D eigenvalue weighted by atomic mass is 16.6. The number of benzene rings is 1. The first-order valence-electron chi connectivity index (χ1n) is 13.2. The van der Waals surface area contributed by atoms with Gasteiger partial charge in [0.1, 0.15) is 17.7 Å². The van der Waals surface area contributed by atoms with Crippen LogP contribution in [0.2, 0.25) is 0 Å². The van der Waals surface area contributed by atoms with E-state index in [1.807, 2.05) is 66.7 Å². The van der Waals surface area contributed by atoms with Crippen LogP contribution in [0.5, 0.6) is 0 Å². The first-order valence-corrected chi connectivity index (χ1v) is 13.2. The second-order valence-corrected chi connectivity index (χ2v) is 11.6. The van der Waals surface area contributed by atoms with Crippen molar-refractivity contribution in [2.45, 2.75) is 119 Å². The van der Waals surface area contributed by atoms with Gasteiger partial charge >= 0.3 is 6.09 Å². The molecule has 0 fully saturated rings. The quantitative estimate of drug-likeness (QED) is 0.372. The van der Waals surface area contributed by atoms with Gasteiger partial charge in [0.05, 0.1) is 0 Å². The smallest absolute Gasteiger partial charge is 0.408 e. The molecule has 0 heterocycles. The summed E-state index contributed by atoms with van der Waals surface area (Å²) < 4.78 is 5.45. The molecule has 0 aliphatic rings. The Morgan fingerprint density at radius 2 is 1.64 bits per heavy atom. The molecule has 0 saturated heterocycles. The van der Waals surface area contributed by atoms with E-state index >= 15 is 0 Å². The van der Waals surface area contributed by atoms with Crippen molar-refractivity contribution in [3.63, 3.8) is 0 Å². The van der Waals surface area contributed by atoms with E-state index in [-0.39, 0.29) is 17.7 Å². The summed E-state index contributed by atoms with van der Waals surface area (Å²) in [6.45, 7) is 21.6. The Labute approximate surface area is 218 Å². The van der Waals surface area contributed by atoms with Crippen molar-refractivity contribution in [2.24, 2.45) is 5.92 Å². The van der Waals surface area contributed by atoms with E-state index in [9.17, 15) is 14.4 Å². The summed E-state index contributed by atoms with van der Waals surface area (Å²) in [4.78, 5) is 42.4. The molecule has 7 heteroatoms. The van der Waals surface area contributed by atoms with Crippen LogP contribution in [-0.2, 0) is 14.3 Å². The van der Waals surface area contributed by atoms with Crippen molar-refractivity contribution in [3.8, 4) is 0 Å². The number of carbonyl (C=O) groups excluding carboxylic acids is 3. The minimum atomic E-state index is -0.859. The normalized spacial score (nSPS) is 13.7. The lowest BCUT2D eigenvalue weighted by molar-refractivity contribution is -0.150. The van der Waals surface area contributed by atoms with Crippen molar-refractivity contribution in [2.75, 3.05) is 6.54 Å². The summed E-state index contributed by atoms with van der Waals surface area (Å²) in [5.74, 6) is -0.744. The number of hydrogen-bond donors (Lipinski definition) is 2. The van der Waals surface area contributed by atoms with Gasteiger partial charge in [0.15, 0.2) is 0 Å². The molecule has 36 heavy (non-hydrogen) atoms. The van der Waals surface area contributed by atoms with Gasteiger partial charge in [-0.1, -0.05) is 57.9 Å². The van der Waals surface area contributed by atoms with E-state index in [2.05, 4.69) is 17.6 Å². The van der Waals surface area contributed by atoms with Crippen molar-refractivity contribution in [3.05, 3.63) is 34.9 Å². The fourth-order valence-electron chi connectivity index (χ4n) is 4.06. The van der Waals surface area contributed by atoms with Crippen LogP contribution in [0.25, 0.3) is 0 Å². The van der Waals surface area contributed by atoms with Gasteiger partial charge in [-0.2, -0.15) is 0 Å². The summed E-state index contributed by atoms with van der Waals surface area (Å²) in [5, 5.41) is 5.84. The fourth-order valence-corrected chi connectivity index (χ4v) is 4.06. The van der Waals surface area contributed by atoms with E-state index in [1.165, 1.54) is 0 Å². The predicted molar refractivity (Wildman–Crippen MR) is 146 cm³/mol. The molecule has 0 bridgehead atoms. The summed E-state index contributed by atoms with van der Waals surface area (Å²) in [5.41, 5.74) is 1.45. The maximum atomic E-state index is 14.3. The van der Waals surface area contributed by atoms with Crippen molar-refractivity contribution >= 4 is 17.9 Å². The number of carbonyl (C=O) groups is 3. The number of unbranched alkanes of at least 4 members (excludes halogenated alkanes) is 1. The fraction of sp³-hybridized carbons (Fsp3) is 0.690. The van der Waals surface area contributed by atoms with Crippen molar-refractivity contribution < 1.29 is 19.1 Å². The van der Waals surface area contributed by atoms with Crippen molar-refractivity contribution in [1.29, 1.82) is 0 Å². The molecular formula is C29H49N3O4. The largest absolute Gasteiger partial charge is 0.444 e. The first kappa shape index (κ1) is 31.5. The highest BCUT2D eigenvalue weighted by Crippen LogP contribution is 2.34. The van der Waals surface area contributed by atoms with Gasteiger partial charge < -0.3 is 20.3 Å². The van der Waals surface area contributed by atoms with Gasteiger partial charge in [0, 0.05) is 12.1 Å².